The van der Waals surface area contributed by atoms with Crippen molar-refractivity contribution in [3.8, 4) is 0 Å². The lowest BCUT2D eigenvalue weighted by Crippen LogP contribution is -2.29. The van der Waals surface area contributed by atoms with Crippen molar-refractivity contribution in [2.75, 3.05) is 17.6 Å². The Hall–Kier alpha value is -3.17. The van der Waals surface area contributed by atoms with Crippen molar-refractivity contribution < 1.29 is 13.2 Å². The number of hydrogen-bond acceptors (Lipinski definition) is 6. The van der Waals surface area contributed by atoms with E-state index in [-0.39, 0.29) is 24.0 Å². The van der Waals surface area contributed by atoms with Crippen LogP contribution < -0.4 is 10.6 Å². The summed E-state index contributed by atoms with van der Waals surface area (Å²) in [7, 11) is -3.31. The van der Waals surface area contributed by atoms with Crippen LogP contribution in [0.2, 0.25) is 0 Å². The van der Waals surface area contributed by atoms with Gasteiger partial charge in [-0.05, 0) is 29.1 Å². The smallest absolute Gasteiger partial charge is 0.263 e. The number of hydrogen-bond donors (Lipinski definition) is 3. The SMILES string of the molecule is O=C(NCCS(=O)(=O)Cc1ccccc1)c1sccc1Nc1ccnc2[nH]ccc12. The Balaban J connectivity index is 1.38. The first-order valence-electron chi connectivity index (χ1n) is 9.31. The summed E-state index contributed by atoms with van der Waals surface area (Å²) in [6.07, 6.45) is 3.49. The van der Waals surface area contributed by atoms with E-state index in [0.717, 1.165) is 22.3 Å². The van der Waals surface area contributed by atoms with Crippen LogP contribution in [0.3, 0.4) is 0 Å². The molecule has 7 nitrogen and oxygen atoms in total. The van der Waals surface area contributed by atoms with Crippen molar-refractivity contribution in [1.82, 2.24) is 15.3 Å². The molecule has 0 aliphatic rings. The molecule has 0 unspecified atom stereocenters. The second-order valence-electron chi connectivity index (χ2n) is 6.72. The fourth-order valence-electron chi connectivity index (χ4n) is 3.10. The van der Waals surface area contributed by atoms with E-state index in [4.69, 9.17) is 0 Å². The molecule has 3 aromatic heterocycles. The van der Waals surface area contributed by atoms with Gasteiger partial charge in [0.2, 0.25) is 0 Å². The topological polar surface area (TPSA) is 104 Å². The Morgan fingerprint density at radius 3 is 2.73 bits per heavy atom. The van der Waals surface area contributed by atoms with Crippen LogP contribution in [0.25, 0.3) is 11.0 Å². The summed E-state index contributed by atoms with van der Waals surface area (Å²) in [6.45, 7) is 0.0582. The number of aromatic nitrogens is 2. The molecule has 4 rings (SSSR count). The van der Waals surface area contributed by atoms with Gasteiger partial charge in [-0.25, -0.2) is 13.4 Å². The standard InChI is InChI=1S/C21H20N4O3S2/c26-21(24-11-13-30(27,28)14-15-4-2-1-3-5-15)19-18(8-12-29-19)25-17-7-10-23-20-16(17)6-9-22-20/h1-10,12H,11,13-14H2,(H,24,26)(H2,22,23,25). The summed E-state index contributed by atoms with van der Waals surface area (Å²) in [5.41, 5.74) is 2.99. The lowest BCUT2D eigenvalue weighted by molar-refractivity contribution is 0.0961. The Bertz CT molecular complexity index is 1260. The highest BCUT2D eigenvalue weighted by atomic mass is 32.2. The van der Waals surface area contributed by atoms with Crippen molar-refractivity contribution in [3.63, 3.8) is 0 Å². The average molecular weight is 441 g/mol. The molecule has 9 heteroatoms. The molecule has 3 heterocycles. The fraction of sp³-hybridized carbons (Fsp3) is 0.143. The third-order valence-electron chi connectivity index (χ3n) is 4.53. The van der Waals surface area contributed by atoms with Gasteiger partial charge >= 0.3 is 0 Å². The maximum absolute atomic E-state index is 12.6. The molecule has 0 radical (unpaired) electrons. The fourth-order valence-corrected chi connectivity index (χ4v) is 5.12. The highest BCUT2D eigenvalue weighted by molar-refractivity contribution is 7.90. The number of benzene rings is 1. The van der Waals surface area contributed by atoms with Crippen LogP contribution >= 0.6 is 11.3 Å². The second kappa shape index (κ2) is 8.68. The molecule has 1 aromatic carbocycles. The minimum Gasteiger partial charge on any atom is -0.354 e. The number of H-pyrrole nitrogens is 1. The summed E-state index contributed by atoms with van der Waals surface area (Å²) in [5, 5.41) is 8.73. The van der Waals surface area contributed by atoms with Gasteiger partial charge in [0.1, 0.15) is 10.5 Å². The molecule has 30 heavy (non-hydrogen) atoms. The normalized spacial score (nSPS) is 11.5. The van der Waals surface area contributed by atoms with Crippen molar-refractivity contribution in [3.05, 3.63) is 76.7 Å². The zero-order valence-electron chi connectivity index (χ0n) is 16.0. The molecule has 0 atom stereocenters. The van der Waals surface area contributed by atoms with Gasteiger partial charge in [0, 0.05) is 24.3 Å². The average Bonchev–Trinajstić information content (AvgIpc) is 3.38. The molecule has 1 amide bonds. The van der Waals surface area contributed by atoms with E-state index in [9.17, 15) is 13.2 Å². The number of rotatable bonds is 8. The Kier molecular flexibility index (Phi) is 5.82. The van der Waals surface area contributed by atoms with E-state index >= 15 is 0 Å². The largest absolute Gasteiger partial charge is 0.354 e. The monoisotopic (exact) mass is 440 g/mol. The molecule has 0 saturated carbocycles. The van der Waals surface area contributed by atoms with E-state index < -0.39 is 9.84 Å². The Morgan fingerprint density at radius 2 is 1.90 bits per heavy atom. The second-order valence-corrected chi connectivity index (χ2v) is 9.82. The van der Waals surface area contributed by atoms with Gasteiger partial charge in [-0.1, -0.05) is 30.3 Å². The van der Waals surface area contributed by atoms with E-state index in [1.807, 2.05) is 41.8 Å². The maximum Gasteiger partial charge on any atom is 0.263 e. The zero-order chi connectivity index (χ0) is 21.0. The minimum atomic E-state index is -3.31. The number of anilines is 2. The number of sulfone groups is 1. The number of pyridine rings is 1. The molecule has 3 N–H and O–H groups in total. The molecule has 0 aliphatic heterocycles. The van der Waals surface area contributed by atoms with Crippen molar-refractivity contribution in [2.24, 2.45) is 0 Å². The highest BCUT2D eigenvalue weighted by Gasteiger charge is 2.17. The summed E-state index contributed by atoms with van der Waals surface area (Å²) < 4.78 is 24.6. The Labute approximate surface area is 178 Å². The van der Waals surface area contributed by atoms with Crippen LogP contribution in [-0.4, -0.2) is 36.6 Å². The highest BCUT2D eigenvalue weighted by Crippen LogP contribution is 2.29. The van der Waals surface area contributed by atoms with Gasteiger partial charge in [0.25, 0.3) is 5.91 Å². The van der Waals surface area contributed by atoms with Gasteiger partial charge in [-0.2, -0.15) is 0 Å². The van der Waals surface area contributed by atoms with Crippen molar-refractivity contribution >= 4 is 49.5 Å². The number of fused-ring (bicyclic) bond motifs is 1. The summed E-state index contributed by atoms with van der Waals surface area (Å²) in [5.74, 6) is -0.456. The third-order valence-corrected chi connectivity index (χ3v) is 7.04. The molecular weight excluding hydrogens is 420 g/mol. The number of nitrogens with zero attached hydrogens (tertiary/aromatic N) is 1. The lowest BCUT2D eigenvalue weighted by Gasteiger charge is -2.10. The van der Waals surface area contributed by atoms with Crippen molar-refractivity contribution in [1.29, 1.82) is 0 Å². The Morgan fingerprint density at radius 1 is 1.07 bits per heavy atom. The maximum atomic E-state index is 12.6. The third kappa shape index (κ3) is 4.69. The molecular formula is C21H20N4O3S2. The minimum absolute atomic E-state index is 0.0375. The van der Waals surface area contributed by atoms with Crippen LogP contribution in [0.4, 0.5) is 11.4 Å². The first-order chi connectivity index (χ1) is 14.5. The van der Waals surface area contributed by atoms with E-state index in [1.54, 1.807) is 24.5 Å². The van der Waals surface area contributed by atoms with Gasteiger partial charge in [0.15, 0.2) is 9.84 Å². The van der Waals surface area contributed by atoms with Gasteiger partial charge in [-0.3, -0.25) is 4.79 Å². The van der Waals surface area contributed by atoms with E-state index in [0.29, 0.717) is 10.6 Å². The molecule has 4 aromatic rings. The molecule has 0 spiro atoms. The van der Waals surface area contributed by atoms with Gasteiger partial charge < -0.3 is 15.6 Å². The quantitative estimate of drug-likeness (QED) is 0.387. The molecule has 0 aliphatic carbocycles. The summed E-state index contributed by atoms with van der Waals surface area (Å²) in [4.78, 5) is 20.4. The first kappa shape index (κ1) is 20.1. The number of amides is 1. The van der Waals surface area contributed by atoms with Crippen LogP contribution in [0.15, 0.2) is 66.3 Å². The number of carbonyl (C=O) groups excluding carboxylic acids is 1. The molecule has 0 bridgehead atoms. The first-order valence-corrected chi connectivity index (χ1v) is 12.0. The van der Waals surface area contributed by atoms with E-state index in [1.165, 1.54) is 11.3 Å². The van der Waals surface area contributed by atoms with Crippen LogP contribution in [0.5, 0.6) is 0 Å². The van der Waals surface area contributed by atoms with Crippen LogP contribution in [-0.2, 0) is 15.6 Å². The summed E-state index contributed by atoms with van der Waals surface area (Å²) in [6, 6.07) is 14.6. The van der Waals surface area contributed by atoms with E-state index in [2.05, 4.69) is 20.6 Å². The number of aromatic amines is 1. The predicted octanol–water partition coefficient (Wildman–Crippen LogP) is 3.71. The van der Waals surface area contributed by atoms with Gasteiger partial charge in [0.05, 0.1) is 22.9 Å². The van der Waals surface area contributed by atoms with Crippen molar-refractivity contribution in [2.45, 2.75) is 5.75 Å². The van der Waals surface area contributed by atoms with Crippen LogP contribution in [0.1, 0.15) is 15.2 Å². The molecule has 0 fully saturated rings. The van der Waals surface area contributed by atoms with Crippen LogP contribution in [0, 0.1) is 0 Å². The van der Waals surface area contributed by atoms with Gasteiger partial charge in [-0.15, -0.1) is 11.3 Å². The predicted molar refractivity (Wildman–Crippen MR) is 120 cm³/mol. The lowest BCUT2D eigenvalue weighted by atomic mass is 10.2. The molecule has 154 valence electrons. The molecule has 0 saturated heterocycles. The number of thiophene rings is 1. The number of carbonyl (C=O) groups is 1. The zero-order valence-corrected chi connectivity index (χ0v) is 17.6. The number of nitrogens with one attached hydrogen (secondary N) is 3. The summed E-state index contributed by atoms with van der Waals surface area (Å²) >= 11 is 1.30.